The lowest BCUT2D eigenvalue weighted by Gasteiger charge is -2.11. The number of H-pyrrole nitrogens is 1. The molecule has 0 aliphatic heterocycles. The Morgan fingerprint density at radius 1 is 1.00 bits per heavy atom. The van der Waals surface area contributed by atoms with Crippen LogP contribution in [0, 0.1) is 13.8 Å². The molecule has 0 fully saturated rings. The quantitative estimate of drug-likeness (QED) is 0.625. The Morgan fingerprint density at radius 3 is 2.36 bits per heavy atom. The van der Waals surface area contributed by atoms with Crippen molar-refractivity contribution in [3.63, 3.8) is 0 Å². The molecule has 0 atom stereocenters. The van der Waals surface area contributed by atoms with Crippen molar-refractivity contribution in [2.45, 2.75) is 13.8 Å². The number of carbonyl (C=O) groups is 1. The summed E-state index contributed by atoms with van der Waals surface area (Å²) in [7, 11) is 0. The van der Waals surface area contributed by atoms with Gasteiger partial charge in [0.2, 0.25) is 0 Å². The van der Waals surface area contributed by atoms with Crippen LogP contribution in [0.25, 0.3) is 17.0 Å². The molecular formula is C20H20N4O. The number of benzene rings is 2. The van der Waals surface area contributed by atoms with Gasteiger partial charge < -0.3 is 0 Å². The van der Waals surface area contributed by atoms with Crippen LogP contribution in [0.5, 0.6) is 0 Å². The molecule has 1 aromatic heterocycles. The molecule has 25 heavy (non-hydrogen) atoms. The molecule has 0 saturated heterocycles. The number of carbonyl (C=O) groups excluding carboxylic acids is 1. The molecule has 0 bridgehead atoms. The van der Waals surface area contributed by atoms with E-state index in [2.05, 4.69) is 27.6 Å². The molecule has 1 amide bonds. The molecule has 1 heterocycles. The molecule has 2 aromatic carbocycles. The van der Waals surface area contributed by atoms with Gasteiger partial charge in [-0.05, 0) is 19.4 Å². The number of rotatable bonds is 5. The number of hydrogen-bond acceptors (Lipinski definition) is 3. The zero-order valence-corrected chi connectivity index (χ0v) is 14.3. The monoisotopic (exact) mass is 332 g/mol. The molecule has 3 aromatic rings. The van der Waals surface area contributed by atoms with Crippen molar-refractivity contribution in [2.24, 2.45) is 0 Å². The second kappa shape index (κ2) is 7.05. The molecular weight excluding hydrogens is 312 g/mol. The predicted molar refractivity (Wildman–Crippen MR) is 99.6 cm³/mol. The fraction of sp³-hybridized carbons (Fsp3) is 0.100. The van der Waals surface area contributed by atoms with Crippen molar-refractivity contribution < 1.29 is 4.79 Å². The minimum absolute atomic E-state index is 0.291. The normalized spacial score (nSPS) is 10.3. The van der Waals surface area contributed by atoms with Crippen LogP contribution in [-0.4, -0.2) is 16.1 Å². The molecule has 3 rings (SSSR count). The molecule has 5 nitrogen and oxygen atoms in total. The Bertz CT molecular complexity index is 895. The van der Waals surface area contributed by atoms with E-state index in [9.17, 15) is 4.79 Å². The van der Waals surface area contributed by atoms with E-state index < -0.39 is 0 Å². The van der Waals surface area contributed by atoms with Crippen LogP contribution in [0.15, 0.2) is 61.2 Å². The lowest BCUT2D eigenvalue weighted by Crippen LogP contribution is -2.36. The summed E-state index contributed by atoms with van der Waals surface area (Å²) in [5.41, 5.74) is 11.2. The first kappa shape index (κ1) is 16.5. The first-order chi connectivity index (χ1) is 12.1. The Labute approximate surface area is 146 Å². The molecule has 0 aliphatic rings. The van der Waals surface area contributed by atoms with Crippen LogP contribution < -0.4 is 10.9 Å². The smallest absolute Gasteiger partial charge is 0.287 e. The highest BCUT2D eigenvalue weighted by atomic mass is 16.2. The maximum Gasteiger partial charge on any atom is 0.287 e. The van der Waals surface area contributed by atoms with Crippen LogP contribution in [-0.2, 0) is 0 Å². The molecule has 126 valence electrons. The summed E-state index contributed by atoms with van der Waals surface area (Å²) in [6.07, 6.45) is 0. The zero-order chi connectivity index (χ0) is 17.8. The Kier molecular flexibility index (Phi) is 4.66. The maximum atomic E-state index is 12.4. The number of hydrazine groups is 1. The lowest BCUT2D eigenvalue weighted by molar-refractivity contribution is 0.0937. The molecule has 5 heteroatoms. The SMILES string of the molecule is C=C(NNC(=O)c1[nH]nc(-c2ccccc2)c1C)c1ccc(C)cc1. The van der Waals surface area contributed by atoms with Gasteiger partial charge >= 0.3 is 0 Å². The standard InChI is InChI=1S/C20H20N4O/c1-13-9-11-16(12-10-13)15(3)21-24-20(25)19-14(2)18(22-23-19)17-7-5-4-6-8-17/h4-12,21H,3H2,1-2H3,(H,22,23)(H,24,25). The van der Waals surface area contributed by atoms with E-state index in [1.807, 2.05) is 68.4 Å². The Morgan fingerprint density at radius 2 is 1.68 bits per heavy atom. The second-order valence-corrected chi connectivity index (χ2v) is 5.86. The van der Waals surface area contributed by atoms with Crippen molar-refractivity contribution in [1.82, 2.24) is 21.0 Å². The van der Waals surface area contributed by atoms with Gasteiger partial charge in [0.05, 0.1) is 11.4 Å². The van der Waals surface area contributed by atoms with Gasteiger partial charge in [0.15, 0.2) is 0 Å². The van der Waals surface area contributed by atoms with Gasteiger partial charge in [-0.25, -0.2) is 0 Å². The van der Waals surface area contributed by atoms with E-state index in [0.717, 1.165) is 22.4 Å². The van der Waals surface area contributed by atoms with E-state index in [1.54, 1.807) is 0 Å². The van der Waals surface area contributed by atoms with Gasteiger partial charge in [-0.15, -0.1) is 0 Å². The fourth-order valence-electron chi connectivity index (χ4n) is 2.52. The van der Waals surface area contributed by atoms with Gasteiger partial charge in [-0.3, -0.25) is 20.7 Å². The van der Waals surface area contributed by atoms with E-state index in [-0.39, 0.29) is 5.91 Å². The minimum atomic E-state index is -0.291. The van der Waals surface area contributed by atoms with Gasteiger partial charge in [-0.1, -0.05) is 66.7 Å². The molecule has 0 aliphatic carbocycles. The van der Waals surface area contributed by atoms with E-state index >= 15 is 0 Å². The average Bonchev–Trinajstić information content (AvgIpc) is 3.02. The third-order valence-electron chi connectivity index (χ3n) is 4.01. The van der Waals surface area contributed by atoms with Crippen molar-refractivity contribution in [1.29, 1.82) is 0 Å². The first-order valence-corrected chi connectivity index (χ1v) is 7.99. The third-order valence-corrected chi connectivity index (χ3v) is 4.01. The Balaban J connectivity index is 1.69. The second-order valence-electron chi connectivity index (χ2n) is 5.86. The number of hydrogen-bond donors (Lipinski definition) is 3. The number of amides is 1. The lowest BCUT2D eigenvalue weighted by atomic mass is 10.1. The third kappa shape index (κ3) is 3.61. The fourth-order valence-corrected chi connectivity index (χ4v) is 2.52. The summed E-state index contributed by atoms with van der Waals surface area (Å²) in [5.74, 6) is -0.291. The van der Waals surface area contributed by atoms with Gasteiger partial charge in [-0.2, -0.15) is 5.10 Å². The van der Waals surface area contributed by atoms with Gasteiger partial charge in [0, 0.05) is 11.1 Å². The summed E-state index contributed by atoms with van der Waals surface area (Å²) < 4.78 is 0. The predicted octanol–water partition coefficient (Wildman–Crippen LogP) is 3.60. The van der Waals surface area contributed by atoms with Crippen LogP contribution in [0.4, 0.5) is 0 Å². The molecule has 0 saturated carbocycles. The summed E-state index contributed by atoms with van der Waals surface area (Å²) in [6, 6.07) is 17.6. The highest BCUT2D eigenvalue weighted by molar-refractivity contribution is 5.95. The number of aryl methyl sites for hydroxylation is 1. The molecule has 0 unspecified atom stereocenters. The first-order valence-electron chi connectivity index (χ1n) is 7.99. The number of nitrogens with one attached hydrogen (secondary N) is 3. The van der Waals surface area contributed by atoms with Crippen LogP contribution in [0.2, 0.25) is 0 Å². The number of nitrogens with zero attached hydrogens (tertiary/aromatic N) is 1. The average molecular weight is 332 g/mol. The van der Waals surface area contributed by atoms with E-state index in [4.69, 9.17) is 0 Å². The Hall–Kier alpha value is -3.34. The highest BCUT2D eigenvalue weighted by Gasteiger charge is 2.16. The van der Waals surface area contributed by atoms with Crippen molar-refractivity contribution in [2.75, 3.05) is 0 Å². The zero-order valence-electron chi connectivity index (χ0n) is 14.3. The summed E-state index contributed by atoms with van der Waals surface area (Å²) in [4.78, 5) is 12.4. The highest BCUT2D eigenvalue weighted by Crippen LogP contribution is 2.22. The molecule has 0 spiro atoms. The molecule has 3 N–H and O–H groups in total. The van der Waals surface area contributed by atoms with Crippen LogP contribution in [0.1, 0.15) is 27.2 Å². The van der Waals surface area contributed by atoms with Crippen molar-refractivity contribution in [3.05, 3.63) is 83.6 Å². The largest absolute Gasteiger partial charge is 0.298 e. The number of aromatic nitrogens is 2. The summed E-state index contributed by atoms with van der Waals surface area (Å²) in [6.45, 7) is 7.84. The van der Waals surface area contributed by atoms with Crippen LogP contribution in [0.3, 0.4) is 0 Å². The van der Waals surface area contributed by atoms with Gasteiger partial charge in [0.1, 0.15) is 5.69 Å². The summed E-state index contributed by atoms with van der Waals surface area (Å²) in [5, 5.41) is 7.08. The minimum Gasteiger partial charge on any atom is -0.298 e. The van der Waals surface area contributed by atoms with E-state index in [0.29, 0.717) is 11.4 Å². The summed E-state index contributed by atoms with van der Waals surface area (Å²) >= 11 is 0. The topological polar surface area (TPSA) is 69.8 Å². The molecule has 0 radical (unpaired) electrons. The van der Waals surface area contributed by atoms with E-state index in [1.165, 1.54) is 5.56 Å². The van der Waals surface area contributed by atoms with Crippen molar-refractivity contribution in [3.8, 4) is 11.3 Å². The maximum absolute atomic E-state index is 12.4. The van der Waals surface area contributed by atoms with Gasteiger partial charge in [0.25, 0.3) is 5.91 Å². The van der Waals surface area contributed by atoms with Crippen molar-refractivity contribution >= 4 is 11.6 Å². The number of aromatic amines is 1. The van der Waals surface area contributed by atoms with Crippen LogP contribution >= 0.6 is 0 Å².